The minimum Gasteiger partial charge on any atom is -0.491 e. The van der Waals surface area contributed by atoms with Crippen LogP contribution in [0.5, 0.6) is 5.75 Å². The molecular formula is C19H21NO4. The molecule has 2 aromatic carbocycles. The lowest BCUT2D eigenvalue weighted by atomic mass is 10.1. The monoisotopic (exact) mass is 327 g/mol. The maximum atomic E-state index is 12.5. The quantitative estimate of drug-likeness (QED) is 0.817. The van der Waals surface area contributed by atoms with Gasteiger partial charge in [-0.2, -0.15) is 0 Å². The third kappa shape index (κ3) is 4.35. The van der Waals surface area contributed by atoms with Gasteiger partial charge in [-0.3, -0.25) is 4.79 Å². The Kier molecular flexibility index (Phi) is 5.95. The zero-order valence-electron chi connectivity index (χ0n) is 14.0. The van der Waals surface area contributed by atoms with Gasteiger partial charge < -0.3 is 14.8 Å². The van der Waals surface area contributed by atoms with Crippen LogP contribution in [0.15, 0.2) is 48.5 Å². The normalized spacial score (nSPS) is 11.5. The first-order valence-corrected chi connectivity index (χ1v) is 7.80. The maximum Gasteiger partial charge on any atom is 0.339 e. The van der Waals surface area contributed by atoms with Crippen molar-refractivity contribution < 1.29 is 19.1 Å². The zero-order valence-corrected chi connectivity index (χ0v) is 14.0. The van der Waals surface area contributed by atoms with E-state index in [4.69, 9.17) is 9.47 Å². The fourth-order valence-corrected chi connectivity index (χ4v) is 2.10. The largest absolute Gasteiger partial charge is 0.491 e. The Morgan fingerprint density at radius 1 is 1.12 bits per heavy atom. The summed E-state index contributed by atoms with van der Waals surface area (Å²) in [6, 6.07) is 13.7. The van der Waals surface area contributed by atoms with E-state index in [-0.39, 0.29) is 12.0 Å². The second-order valence-electron chi connectivity index (χ2n) is 5.36. The molecule has 0 aromatic heterocycles. The molecule has 24 heavy (non-hydrogen) atoms. The van der Waals surface area contributed by atoms with E-state index in [1.165, 1.54) is 7.11 Å². The molecule has 5 nitrogen and oxygen atoms in total. The minimum absolute atomic E-state index is 0.0726. The van der Waals surface area contributed by atoms with Crippen molar-refractivity contribution in [1.29, 1.82) is 0 Å². The van der Waals surface area contributed by atoms with E-state index in [9.17, 15) is 9.59 Å². The molecule has 0 spiro atoms. The smallest absolute Gasteiger partial charge is 0.339 e. The topological polar surface area (TPSA) is 64.6 Å². The Morgan fingerprint density at radius 3 is 2.58 bits per heavy atom. The van der Waals surface area contributed by atoms with Crippen LogP contribution in [0.2, 0.25) is 0 Å². The number of carbonyl (C=O) groups excluding carboxylic acids is 2. The molecule has 1 amide bonds. The van der Waals surface area contributed by atoms with Crippen molar-refractivity contribution >= 4 is 17.6 Å². The van der Waals surface area contributed by atoms with E-state index in [0.29, 0.717) is 22.6 Å². The second kappa shape index (κ2) is 8.15. The number of benzene rings is 2. The third-order valence-electron chi connectivity index (χ3n) is 3.59. The molecule has 0 saturated heterocycles. The number of hydrogen-bond acceptors (Lipinski definition) is 4. The first kappa shape index (κ1) is 17.5. The molecule has 0 heterocycles. The van der Waals surface area contributed by atoms with Gasteiger partial charge in [-0.15, -0.1) is 0 Å². The molecular weight excluding hydrogens is 306 g/mol. The van der Waals surface area contributed by atoms with Crippen LogP contribution in [-0.4, -0.2) is 25.1 Å². The van der Waals surface area contributed by atoms with Gasteiger partial charge in [0, 0.05) is 5.56 Å². The Morgan fingerprint density at radius 2 is 1.88 bits per heavy atom. The highest BCUT2D eigenvalue weighted by Crippen LogP contribution is 2.20. The predicted molar refractivity (Wildman–Crippen MR) is 92.6 cm³/mol. The van der Waals surface area contributed by atoms with Crippen molar-refractivity contribution in [2.45, 2.75) is 26.4 Å². The Labute approximate surface area is 141 Å². The fourth-order valence-electron chi connectivity index (χ4n) is 2.10. The number of amides is 1. The van der Waals surface area contributed by atoms with Crippen LogP contribution in [0.1, 0.15) is 41.0 Å². The fraction of sp³-hybridized carbons (Fsp3) is 0.263. The van der Waals surface area contributed by atoms with Crippen LogP contribution in [0.25, 0.3) is 0 Å². The van der Waals surface area contributed by atoms with Crippen molar-refractivity contribution in [2.75, 3.05) is 12.4 Å². The number of hydrogen-bond donors (Lipinski definition) is 1. The SMILES string of the molecule is CCC(C)Oc1cccc(C(=O)Nc2ccccc2C(=O)OC)c1. The molecule has 1 unspecified atom stereocenters. The molecule has 0 bridgehead atoms. The van der Waals surface area contributed by atoms with Crippen molar-refractivity contribution in [3.63, 3.8) is 0 Å². The first-order valence-electron chi connectivity index (χ1n) is 7.80. The number of anilines is 1. The summed E-state index contributed by atoms with van der Waals surface area (Å²) in [4.78, 5) is 24.2. The highest BCUT2D eigenvalue weighted by Gasteiger charge is 2.14. The van der Waals surface area contributed by atoms with Crippen molar-refractivity contribution in [3.05, 3.63) is 59.7 Å². The van der Waals surface area contributed by atoms with E-state index in [0.717, 1.165) is 6.42 Å². The molecule has 0 aliphatic carbocycles. The van der Waals surface area contributed by atoms with Gasteiger partial charge in [0.15, 0.2) is 0 Å². The average Bonchev–Trinajstić information content (AvgIpc) is 2.61. The number of carbonyl (C=O) groups is 2. The predicted octanol–water partition coefficient (Wildman–Crippen LogP) is 3.90. The second-order valence-corrected chi connectivity index (χ2v) is 5.36. The highest BCUT2D eigenvalue weighted by atomic mass is 16.5. The third-order valence-corrected chi connectivity index (χ3v) is 3.59. The van der Waals surface area contributed by atoms with Gasteiger partial charge in [-0.05, 0) is 43.7 Å². The van der Waals surface area contributed by atoms with Crippen LogP contribution in [0.4, 0.5) is 5.69 Å². The van der Waals surface area contributed by atoms with E-state index in [2.05, 4.69) is 5.32 Å². The molecule has 0 aliphatic rings. The lowest BCUT2D eigenvalue weighted by Crippen LogP contribution is -2.16. The van der Waals surface area contributed by atoms with Gasteiger partial charge in [0.05, 0.1) is 24.5 Å². The Bertz CT molecular complexity index is 727. The van der Waals surface area contributed by atoms with Gasteiger partial charge in [0.2, 0.25) is 0 Å². The van der Waals surface area contributed by atoms with E-state index in [1.54, 1.807) is 42.5 Å². The van der Waals surface area contributed by atoms with Crippen LogP contribution in [0, 0.1) is 0 Å². The molecule has 126 valence electrons. The molecule has 0 fully saturated rings. The molecule has 2 aromatic rings. The van der Waals surface area contributed by atoms with Crippen molar-refractivity contribution in [3.8, 4) is 5.75 Å². The van der Waals surface area contributed by atoms with Crippen LogP contribution in [-0.2, 0) is 4.74 Å². The Hall–Kier alpha value is -2.82. The Balaban J connectivity index is 2.19. The van der Waals surface area contributed by atoms with Crippen LogP contribution < -0.4 is 10.1 Å². The molecule has 0 radical (unpaired) electrons. The number of methoxy groups -OCH3 is 1. The molecule has 0 saturated carbocycles. The summed E-state index contributed by atoms with van der Waals surface area (Å²) in [6.07, 6.45) is 0.950. The van der Waals surface area contributed by atoms with Gasteiger partial charge in [-0.1, -0.05) is 25.1 Å². The first-order chi connectivity index (χ1) is 11.5. The molecule has 0 aliphatic heterocycles. The number of rotatable bonds is 6. The standard InChI is InChI=1S/C19H21NO4/c1-4-13(2)24-15-9-7-8-14(12-15)18(21)20-17-11-6-5-10-16(17)19(22)23-3/h5-13H,4H2,1-3H3,(H,20,21). The zero-order chi connectivity index (χ0) is 17.5. The molecule has 1 N–H and O–H groups in total. The summed E-state index contributed by atoms with van der Waals surface area (Å²) in [5.74, 6) is -0.182. The lowest BCUT2D eigenvalue weighted by Gasteiger charge is -2.14. The number of para-hydroxylation sites is 1. The maximum absolute atomic E-state index is 12.5. The summed E-state index contributed by atoms with van der Waals surface area (Å²) in [6.45, 7) is 4.00. The van der Waals surface area contributed by atoms with Crippen LogP contribution >= 0.6 is 0 Å². The summed E-state index contributed by atoms with van der Waals surface area (Å²) >= 11 is 0. The van der Waals surface area contributed by atoms with E-state index in [1.807, 2.05) is 19.9 Å². The molecule has 5 heteroatoms. The van der Waals surface area contributed by atoms with Gasteiger partial charge in [0.1, 0.15) is 5.75 Å². The van der Waals surface area contributed by atoms with Gasteiger partial charge >= 0.3 is 5.97 Å². The minimum atomic E-state index is -0.500. The number of ether oxygens (including phenoxy) is 2. The van der Waals surface area contributed by atoms with E-state index < -0.39 is 5.97 Å². The van der Waals surface area contributed by atoms with Crippen molar-refractivity contribution in [2.24, 2.45) is 0 Å². The highest BCUT2D eigenvalue weighted by molar-refractivity contribution is 6.08. The number of esters is 1. The van der Waals surface area contributed by atoms with Crippen molar-refractivity contribution in [1.82, 2.24) is 0 Å². The summed E-state index contributed by atoms with van der Waals surface area (Å²) in [7, 11) is 1.30. The summed E-state index contributed by atoms with van der Waals surface area (Å²) in [5.41, 5.74) is 1.17. The van der Waals surface area contributed by atoms with Crippen LogP contribution in [0.3, 0.4) is 0 Å². The van der Waals surface area contributed by atoms with Gasteiger partial charge in [0.25, 0.3) is 5.91 Å². The summed E-state index contributed by atoms with van der Waals surface area (Å²) < 4.78 is 10.5. The van der Waals surface area contributed by atoms with Gasteiger partial charge in [-0.25, -0.2) is 4.79 Å². The molecule has 2 rings (SSSR count). The summed E-state index contributed by atoms with van der Waals surface area (Å²) in [5, 5.41) is 2.74. The lowest BCUT2D eigenvalue weighted by molar-refractivity contribution is 0.0602. The molecule has 1 atom stereocenters. The average molecular weight is 327 g/mol. The number of nitrogens with one attached hydrogen (secondary N) is 1. The van der Waals surface area contributed by atoms with E-state index >= 15 is 0 Å².